The summed E-state index contributed by atoms with van der Waals surface area (Å²) in [5.74, 6) is -0.703. The zero-order chi connectivity index (χ0) is 13.1. The minimum Gasteiger partial charge on any atom is -0.465 e. The average molecular weight is 273 g/mol. The number of carbonyl (C=O) groups is 2. The number of anilines is 1. The molecule has 1 aromatic rings. The summed E-state index contributed by atoms with van der Waals surface area (Å²) in [5, 5.41) is 2.65. The lowest BCUT2D eigenvalue weighted by atomic mass is 10.1. The molecule has 1 amide bonds. The van der Waals surface area contributed by atoms with Crippen molar-refractivity contribution in [1.29, 1.82) is 0 Å². The van der Waals surface area contributed by atoms with Crippen LogP contribution in [0.2, 0.25) is 0 Å². The zero-order valence-corrected chi connectivity index (χ0v) is 11.3. The van der Waals surface area contributed by atoms with E-state index in [0.29, 0.717) is 11.3 Å². The first-order valence-electron chi connectivity index (χ1n) is 5.13. The third-order valence-electron chi connectivity index (χ3n) is 2.15. The second-order valence-electron chi connectivity index (χ2n) is 4.24. The number of nitrogens with one attached hydrogen (secondary N) is 1. The molecule has 0 unspecified atom stereocenters. The van der Waals surface area contributed by atoms with Gasteiger partial charge in [-0.25, -0.2) is 4.79 Å². The highest BCUT2D eigenvalue weighted by Crippen LogP contribution is 2.12. The van der Waals surface area contributed by atoms with Gasteiger partial charge in [0.1, 0.15) is 0 Å². The lowest BCUT2D eigenvalue weighted by Crippen LogP contribution is -2.45. The van der Waals surface area contributed by atoms with Crippen LogP contribution in [0.25, 0.3) is 0 Å². The fraction of sp³-hybridized carbons (Fsp3) is 0.333. The Hall–Kier alpha value is -1.59. The van der Waals surface area contributed by atoms with Crippen LogP contribution in [0, 0.1) is 0 Å². The maximum absolute atomic E-state index is 11.6. The topological polar surface area (TPSA) is 81.4 Å². The molecule has 1 rings (SSSR count). The Morgan fingerprint density at radius 1 is 1.22 bits per heavy atom. The smallest absolute Gasteiger partial charge is 0.337 e. The van der Waals surface area contributed by atoms with Gasteiger partial charge in [-0.15, -0.1) is 12.4 Å². The molecule has 0 atom stereocenters. The fourth-order valence-electron chi connectivity index (χ4n) is 1.10. The van der Waals surface area contributed by atoms with E-state index in [4.69, 9.17) is 5.73 Å². The molecule has 0 aliphatic heterocycles. The molecule has 0 aromatic heterocycles. The number of esters is 1. The van der Waals surface area contributed by atoms with Crippen LogP contribution < -0.4 is 11.1 Å². The van der Waals surface area contributed by atoms with Gasteiger partial charge in [0, 0.05) is 5.69 Å². The summed E-state index contributed by atoms with van der Waals surface area (Å²) in [4.78, 5) is 22.8. The number of hydrogen-bond donors (Lipinski definition) is 2. The first kappa shape index (κ1) is 16.4. The third kappa shape index (κ3) is 4.35. The first-order valence-corrected chi connectivity index (χ1v) is 5.13. The summed E-state index contributed by atoms with van der Waals surface area (Å²) in [7, 11) is 1.31. The molecule has 1 aromatic carbocycles. The maximum atomic E-state index is 11.6. The van der Waals surface area contributed by atoms with Gasteiger partial charge >= 0.3 is 5.97 Å². The molecule has 3 N–H and O–H groups in total. The van der Waals surface area contributed by atoms with E-state index < -0.39 is 11.5 Å². The lowest BCUT2D eigenvalue weighted by molar-refractivity contribution is -0.120. The summed E-state index contributed by atoms with van der Waals surface area (Å²) in [6.07, 6.45) is 0. The van der Waals surface area contributed by atoms with Crippen LogP contribution in [-0.2, 0) is 9.53 Å². The van der Waals surface area contributed by atoms with Crippen molar-refractivity contribution in [2.24, 2.45) is 5.73 Å². The van der Waals surface area contributed by atoms with Gasteiger partial charge in [0.15, 0.2) is 0 Å². The van der Waals surface area contributed by atoms with E-state index in [0.717, 1.165) is 0 Å². The van der Waals surface area contributed by atoms with Gasteiger partial charge in [-0.1, -0.05) is 0 Å². The second kappa shape index (κ2) is 6.37. The Labute approximate surface area is 112 Å². The molecule has 0 aliphatic rings. The van der Waals surface area contributed by atoms with Gasteiger partial charge in [0.05, 0.1) is 18.2 Å². The van der Waals surface area contributed by atoms with E-state index in [2.05, 4.69) is 10.1 Å². The number of ether oxygens (including phenoxy) is 1. The van der Waals surface area contributed by atoms with E-state index in [1.165, 1.54) is 7.11 Å². The van der Waals surface area contributed by atoms with Gasteiger partial charge in [-0.05, 0) is 38.1 Å². The van der Waals surface area contributed by atoms with E-state index in [9.17, 15) is 9.59 Å². The Balaban J connectivity index is 0.00000289. The number of amides is 1. The van der Waals surface area contributed by atoms with E-state index in [-0.39, 0.29) is 18.3 Å². The molecule has 0 aliphatic carbocycles. The molecular weight excluding hydrogens is 256 g/mol. The standard InChI is InChI=1S/C12H16N2O3.ClH/c1-12(2,13)11(16)14-9-6-4-8(5-7-9)10(15)17-3;/h4-7H,13H2,1-3H3,(H,14,16);1H. The van der Waals surface area contributed by atoms with Crippen LogP contribution in [0.15, 0.2) is 24.3 Å². The summed E-state index contributed by atoms with van der Waals surface area (Å²) >= 11 is 0. The summed E-state index contributed by atoms with van der Waals surface area (Å²) in [5.41, 5.74) is 5.71. The van der Waals surface area contributed by atoms with Gasteiger partial charge in [0.2, 0.25) is 5.91 Å². The molecule has 0 radical (unpaired) electrons. The SMILES string of the molecule is COC(=O)c1ccc(NC(=O)C(C)(C)N)cc1.Cl. The van der Waals surface area contributed by atoms with Crippen LogP contribution in [0.4, 0.5) is 5.69 Å². The second-order valence-corrected chi connectivity index (χ2v) is 4.24. The van der Waals surface area contributed by atoms with Gasteiger partial charge in [-0.2, -0.15) is 0 Å². The lowest BCUT2D eigenvalue weighted by Gasteiger charge is -2.17. The number of hydrogen-bond acceptors (Lipinski definition) is 4. The largest absolute Gasteiger partial charge is 0.465 e. The van der Waals surface area contributed by atoms with Crippen molar-refractivity contribution in [3.8, 4) is 0 Å². The highest BCUT2D eigenvalue weighted by molar-refractivity contribution is 5.97. The van der Waals surface area contributed by atoms with Crippen LogP contribution in [-0.4, -0.2) is 24.5 Å². The average Bonchev–Trinajstić information content (AvgIpc) is 2.27. The minimum atomic E-state index is -0.943. The quantitative estimate of drug-likeness (QED) is 0.819. The first-order chi connectivity index (χ1) is 7.84. The summed E-state index contributed by atoms with van der Waals surface area (Å²) in [6, 6.07) is 6.39. The molecule has 0 saturated carbocycles. The molecule has 18 heavy (non-hydrogen) atoms. The van der Waals surface area contributed by atoms with Crippen molar-refractivity contribution < 1.29 is 14.3 Å². The summed E-state index contributed by atoms with van der Waals surface area (Å²) in [6.45, 7) is 3.23. The van der Waals surface area contributed by atoms with Crippen LogP contribution in [0.3, 0.4) is 0 Å². The van der Waals surface area contributed by atoms with Crippen molar-refractivity contribution in [2.75, 3.05) is 12.4 Å². The molecule has 0 heterocycles. The van der Waals surface area contributed by atoms with Crippen molar-refractivity contribution in [3.05, 3.63) is 29.8 Å². The number of nitrogens with two attached hydrogens (primary N) is 1. The normalized spacial score (nSPS) is 10.2. The Bertz CT molecular complexity index is 424. The fourth-order valence-corrected chi connectivity index (χ4v) is 1.10. The van der Waals surface area contributed by atoms with E-state index in [1.54, 1.807) is 38.1 Å². The zero-order valence-electron chi connectivity index (χ0n) is 10.5. The number of halogens is 1. The van der Waals surface area contributed by atoms with Crippen molar-refractivity contribution >= 4 is 30.0 Å². The Kier molecular flexibility index (Phi) is 5.81. The monoisotopic (exact) mass is 272 g/mol. The molecule has 5 nitrogen and oxygen atoms in total. The maximum Gasteiger partial charge on any atom is 0.337 e. The number of benzene rings is 1. The molecule has 0 spiro atoms. The Morgan fingerprint density at radius 2 is 1.72 bits per heavy atom. The van der Waals surface area contributed by atoms with Crippen molar-refractivity contribution in [3.63, 3.8) is 0 Å². The van der Waals surface area contributed by atoms with Crippen LogP contribution in [0.5, 0.6) is 0 Å². The minimum absolute atomic E-state index is 0. The highest BCUT2D eigenvalue weighted by Gasteiger charge is 2.21. The van der Waals surface area contributed by atoms with Crippen LogP contribution >= 0.6 is 12.4 Å². The van der Waals surface area contributed by atoms with Gasteiger partial charge in [-0.3, -0.25) is 4.79 Å². The van der Waals surface area contributed by atoms with Gasteiger partial charge in [0.25, 0.3) is 0 Å². The van der Waals surface area contributed by atoms with Crippen molar-refractivity contribution in [1.82, 2.24) is 0 Å². The van der Waals surface area contributed by atoms with Gasteiger partial charge < -0.3 is 15.8 Å². The number of carbonyl (C=O) groups excluding carboxylic acids is 2. The van der Waals surface area contributed by atoms with E-state index in [1.807, 2.05) is 0 Å². The number of methoxy groups -OCH3 is 1. The predicted octanol–water partition coefficient (Wildman–Crippen LogP) is 1.57. The molecule has 0 bridgehead atoms. The molecule has 0 fully saturated rings. The molecular formula is C12H17ClN2O3. The predicted molar refractivity (Wildman–Crippen MR) is 71.9 cm³/mol. The van der Waals surface area contributed by atoms with Crippen molar-refractivity contribution in [2.45, 2.75) is 19.4 Å². The number of rotatable bonds is 3. The highest BCUT2D eigenvalue weighted by atomic mass is 35.5. The molecule has 6 heteroatoms. The Morgan fingerprint density at radius 3 is 2.11 bits per heavy atom. The molecule has 0 saturated heterocycles. The summed E-state index contributed by atoms with van der Waals surface area (Å²) < 4.78 is 4.57. The third-order valence-corrected chi connectivity index (χ3v) is 2.15. The van der Waals surface area contributed by atoms with Crippen LogP contribution in [0.1, 0.15) is 24.2 Å². The molecule has 100 valence electrons. The van der Waals surface area contributed by atoms with E-state index >= 15 is 0 Å².